The fourth-order valence-electron chi connectivity index (χ4n) is 2.30. The highest BCUT2D eigenvalue weighted by Crippen LogP contribution is 2.57. The third kappa shape index (κ3) is 4.20. The zero-order chi connectivity index (χ0) is 17.7. The van der Waals surface area contributed by atoms with Crippen LogP contribution in [0.2, 0.25) is 5.02 Å². The summed E-state index contributed by atoms with van der Waals surface area (Å²) in [6, 6.07) is 13.9. The minimum Gasteiger partial charge on any atom is -0.378 e. The van der Waals surface area contributed by atoms with Gasteiger partial charge in [0.1, 0.15) is 0 Å². The highest BCUT2D eigenvalue weighted by molar-refractivity contribution is 7.67. The molecule has 0 heterocycles. The minimum atomic E-state index is -3.47. The maximum atomic E-state index is 13.5. The van der Waals surface area contributed by atoms with Crippen molar-refractivity contribution in [3.8, 4) is 0 Å². The van der Waals surface area contributed by atoms with Crippen molar-refractivity contribution >= 4 is 30.0 Å². The monoisotopic (exact) mass is 367 g/mol. The Morgan fingerprint density at radius 2 is 1.71 bits per heavy atom. The summed E-state index contributed by atoms with van der Waals surface area (Å²) >= 11 is 5.89. The average Bonchev–Trinajstić information content (AvgIpc) is 2.59. The summed E-state index contributed by atoms with van der Waals surface area (Å²) in [5.74, 6) is -1.23. The minimum absolute atomic E-state index is 0.317. The predicted molar refractivity (Wildman–Crippen MR) is 101 cm³/mol. The molecular formula is C18H23ClNO3P. The van der Waals surface area contributed by atoms with E-state index in [4.69, 9.17) is 16.1 Å². The molecule has 4 nitrogen and oxygen atoms in total. The quantitative estimate of drug-likeness (QED) is 0.736. The van der Waals surface area contributed by atoms with Crippen LogP contribution < -0.4 is 10.2 Å². The maximum Gasteiger partial charge on any atom is 0.264 e. The molecule has 0 fully saturated rings. The molecule has 0 aliphatic heterocycles. The van der Waals surface area contributed by atoms with Gasteiger partial charge in [-0.1, -0.05) is 30.7 Å². The Morgan fingerprint density at radius 1 is 1.12 bits per heavy atom. The van der Waals surface area contributed by atoms with Crippen LogP contribution in [-0.4, -0.2) is 25.8 Å². The van der Waals surface area contributed by atoms with Gasteiger partial charge in [0.05, 0.1) is 6.61 Å². The molecule has 0 radical (unpaired) electrons. The van der Waals surface area contributed by atoms with Crippen LogP contribution in [0.4, 0.5) is 5.69 Å². The van der Waals surface area contributed by atoms with E-state index in [2.05, 4.69) is 0 Å². The van der Waals surface area contributed by atoms with Crippen LogP contribution in [-0.2, 0) is 9.09 Å². The first-order valence-electron chi connectivity index (χ1n) is 7.84. The van der Waals surface area contributed by atoms with Crippen molar-refractivity contribution in [3.05, 3.63) is 59.1 Å². The first-order valence-corrected chi connectivity index (χ1v) is 9.91. The van der Waals surface area contributed by atoms with E-state index in [1.807, 2.05) is 38.1 Å². The van der Waals surface area contributed by atoms with Gasteiger partial charge in [-0.25, -0.2) is 0 Å². The lowest BCUT2D eigenvalue weighted by molar-refractivity contribution is 0.214. The van der Waals surface area contributed by atoms with E-state index in [-0.39, 0.29) is 0 Å². The number of nitrogens with zero attached hydrogens (tertiary/aromatic N) is 1. The highest BCUT2D eigenvalue weighted by Gasteiger charge is 2.36. The number of hydrogen-bond donors (Lipinski definition) is 1. The number of hydrogen-bond acceptors (Lipinski definition) is 4. The van der Waals surface area contributed by atoms with Crippen molar-refractivity contribution < 1.29 is 14.2 Å². The molecule has 1 N–H and O–H groups in total. The number of aliphatic hydroxyl groups is 1. The topological polar surface area (TPSA) is 49.8 Å². The molecule has 24 heavy (non-hydrogen) atoms. The summed E-state index contributed by atoms with van der Waals surface area (Å²) in [4.78, 5) is 1.96. The van der Waals surface area contributed by atoms with Crippen molar-refractivity contribution in [1.29, 1.82) is 0 Å². The normalized spacial score (nSPS) is 14.9. The van der Waals surface area contributed by atoms with E-state index in [1.165, 1.54) is 0 Å². The summed E-state index contributed by atoms with van der Waals surface area (Å²) in [7, 11) is 0.398. The third-order valence-electron chi connectivity index (χ3n) is 3.70. The average molecular weight is 368 g/mol. The molecular weight excluding hydrogens is 345 g/mol. The molecule has 130 valence electrons. The Kier molecular flexibility index (Phi) is 6.47. The van der Waals surface area contributed by atoms with E-state index in [0.29, 0.717) is 28.9 Å². The number of aliphatic hydroxyl groups excluding tert-OH is 1. The predicted octanol–water partition coefficient (Wildman–Crippen LogP) is 4.43. The van der Waals surface area contributed by atoms with Gasteiger partial charge in [0.25, 0.3) is 7.37 Å². The molecule has 0 bridgehead atoms. The van der Waals surface area contributed by atoms with Gasteiger partial charge in [-0.2, -0.15) is 0 Å². The third-order valence-corrected chi connectivity index (χ3v) is 6.48. The molecule has 6 heteroatoms. The number of anilines is 1. The molecule has 0 saturated carbocycles. The lowest BCUT2D eigenvalue weighted by Gasteiger charge is -2.25. The van der Waals surface area contributed by atoms with Crippen LogP contribution in [0.3, 0.4) is 0 Å². The molecule has 2 atom stereocenters. The van der Waals surface area contributed by atoms with E-state index < -0.39 is 13.2 Å². The van der Waals surface area contributed by atoms with Crippen molar-refractivity contribution in [3.63, 3.8) is 0 Å². The van der Waals surface area contributed by atoms with Crippen LogP contribution in [0.1, 0.15) is 24.8 Å². The van der Waals surface area contributed by atoms with Gasteiger partial charge in [-0.05, 0) is 48.4 Å². The Morgan fingerprint density at radius 3 is 2.21 bits per heavy atom. The Hall–Kier alpha value is -1.32. The van der Waals surface area contributed by atoms with Crippen molar-refractivity contribution in [2.45, 2.75) is 19.2 Å². The summed E-state index contributed by atoms with van der Waals surface area (Å²) in [6.07, 6.45) is 0.715. The first kappa shape index (κ1) is 19.0. The van der Waals surface area contributed by atoms with E-state index in [9.17, 15) is 9.67 Å². The number of halogens is 1. The molecule has 2 aromatic rings. The number of rotatable bonds is 7. The second-order valence-electron chi connectivity index (χ2n) is 5.77. The fourth-order valence-corrected chi connectivity index (χ4v) is 4.58. The Labute approximate surface area is 148 Å². The van der Waals surface area contributed by atoms with Crippen LogP contribution >= 0.6 is 19.0 Å². The van der Waals surface area contributed by atoms with Crippen molar-refractivity contribution in [2.24, 2.45) is 0 Å². The van der Waals surface area contributed by atoms with Crippen molar-refractivity contribution in [2.75, 3.05) is 25.6 Å². The standard InChI is InChI=1S/C18H23ClNO3P/c1-4-13-23-24(22,17-11-9-16(10-12-17)20(2)3)18(21)14-5-7-15(19)8-6-14/h5-12,18,21H,4,13H2,1-3H3/t18-,24+/m0/s1. The summed E-state index contributed by atoms with van der Waals surface area (Å²) in [5.41, 5.74) is 1.51. The van der Waals surface area contributed by atoms with Gasteiger partial charge in [-0.15, -0.1) is 0 Å². The molecule has 2 aromatic carbocycles. The molecule has 0 amide bonds. The molecule has 2 rings (SSSR count). The zero-order valence-electron chi connectivity index (χ0n) is 14.1. The van der Waals surface area contributed by atoms with Gasteiger partial charge >= 0.3 is 0 Å². The second-order valence-corrected chi connectivity index (χ2v) is 8.66. The van der Waals surface area contributed by atoms with Gasteiger partial charge in [-0.3, -0.25) is 4.57 Å². The lowest BCUT2D eigenvalue weighted by Crippen LogP contribution is -2.16. The Bertz CT molecular complexity index is 701. The van der Waals surface area contributed by atoms with Crippen molar-refractivity contribution in [1.82, 2.24) is 0 Å². The second kappa shape index (κ2) is 8.17. The van der Waals surface area contributed by atoms with Crippen LogP contribution in [0.5, 0.6) is 0 Å². The van der Waals surface area contributed by atoms with Gasteiger partial charge in [0.15, 0.2) is 5.85 Å². The first-order chi connectivity index (χ1) is 11.4. The summed E-state index contributed by atoms with van der Waals surface area (Å²) < 4.78 is 19.2. The number of benzene rings is 2. The summed E-state index contributed by atoms with van der Waals surface area (Å²) in [5, 5.41) is 11.8. The van der Waals surface area contributed by atoms with E-state index in [1.54, 1.807) is 36.4 Å². The van der Waals surface area contributed by atoms with Crippen LogP contribution in [0.25, 0.3) is 0 Å². The lowest BCUT2D eigenvalue weighted by atomic mass is 10.2. The SMILES string of the molecule is CCCO[P@](=O)(c1ccc(N(C)C)cc1)[C@H](O)c1ccc(Cl)cc1. The van der Waals surface area contributed by atoms with Gasteiger partial charge < -0.3 is 14.5 Å². The molecule has 0 aliphatic rings. The van der Waals surface area contributed by atoms with Gasteiger partial charge in [0.2, 0.25) is 0 Å². The fraction of sp³-hybridized carbons (Fsp3) is 0.333. The molecule has 0 aromatic heterocycles. The largest absolute Gasteiger partial charge is 0.378 e. The van der Waals surface area contributed by atoms with E-state index >= 15 is 0 Å². The molecule has 0 saturated heterocycles. The molecule has 0 unspecified atom stereocenters. The molecule has 0 spiro atoms. The van der Waals surface area contributed by atoms with Crippen LogP contribution in [0.15, 0.2) is 48.5 Å². The zero-order valence-corrected chi connectivity index (χ0v) is 15.8. The smallest absolute Gasteiger partial charge is 0.264 e. The molecule has 0 aliphatic carbocycles. The summed E-state index contributed by atoms with van der Waals surface area (Å²) in [6.45, 7) is 2.26. The van der Waals surface area contributed by atoms with E-state index in [0.717, 1.165) is 5.69 Å². The maximum absolute atomic E-state index is 13.5. The Balaban J connectivity index is 2.41. The van der Waals surface area contributed by atoms with Crippen LogP contribution in [0, 0.1) is 0 Å². The highest BCUT2D eigenvalue weighted by atomic mass is 35.5. The van der Waals surface area contributed by atoms with Gasteiger partial charge in [0, 0.05) is 30.1 Å².